The lowest BCUT2D eigenvalue weighted by molar-refractivity contribution is 0.0928. The van der Waals surface area contributed by atoms with Gasteiger partial charge in [0.15, 0.2) is 0 Å². The molecule has 2 aromatic rings. The Bertz CT molecular complexity index is 723. The van der Waals surface area contributed by atoms with Gasteiger partial charge in [-0.05, 0) is 31.7 Å². The lowest BCUT2D eigenvalue weighted by Gasteiger charge is -2.24. The number of carbonyl (C=O) groups is 1. The van der Waals surface area contributed by atoms with Gasteiger partial charge in [0, 0.05) is 18.3 Å². The number of aromatic amines is 1. The van der Waals surface area contributed by atoms with Gasteiger partial charge in [-0.3, -0.25) is 14.6 Å². The van der Waals surface area contributed by atoms with Gasteiger partial charge in [-0.25, -0.2) is 10.1 Å². The van der Waals surface area contributed by atoms with Crippen molar-refractivity contribution in [3.05, 3.63) is 51.5 Å². The first-order chi connectivity index (χ1) is 10.1. The third-order valence-corrected chi connectivity index (χ3v) is 3.52. The van der Waals surface area contributed by atoms with E-state index in [0.29, 0.717) is 12.1 Å². The van der Waals surface area contributed by atoms with Crippen LogP contribution in [0.25, 0.3) is 0 Å². The summed E-state index contributed by atoms with van der Waals surface area (Å²) < 4.78 is 0. The fourth-order valence-corrected chi connectivity index (χ4v) is 2.43. The minimum atomic E-state index is -0.242. The highest BCUT2D eigenvalue weighted by atomic mass is 16.2. The van der Waals surface area contributed by atoms with Crippen LogP contribution in [0.4, 0.5) is 0 Å². The summed E-state index contributed by atoms with van der Waals surface area (Å²) in [6.45, 7) is 1.82. The second kappa shape index (κ2) is 5.43. The number of nitrogens with one attached hydrogen (secondary N) is 2. The van der Waals surface area contributed by atoms with Gasteiger partial charge >= 0.3 is 0 Å². The van der Waals surface area contributed by atoms with E-state index in [1.807, 2.05) is 6.92 Å². The fourth-order valence-electron chi connectivity index (χ4n) is 2.43. The monoisotopic (exact) mass is 285 g/mol. The molecule has 2 heterocycles. The summed E-state index contributed by atoms with van der Waals surface area (Å²) in [5.74, 6) is -0.242. The lowest BCUT2D eigenvalue weighted by Crippen LogP contribution is -2.40. The first-order valence-corrected chi connectivity index (χ1v) is 6.79. The van der Waals surface area contributed by atoms with Gasteiger partial charge in [0.2, 0.25) is 0 Å². The first kappa shape index (κ1) is 13.4. The first-order valence-electron chi connectivity index (χ1n) is 6.79. The highest BCUT2D eigenvalue weighted by Crippen LogP contribution is 2.17. The van der Waals surface area contributed by atoms with Crippen molar-refractivity contribution in [3.8, 4) is 0 Å². The van der Waals surface area contributed by atoms with Crippen LogP contribution in [0.2, 0.25) is 0 Å². The maximum Gasteiger partial charge on any atom is 0.271 e. The molecule has 0 radical (unpaired) electrons. The molecule has 2 N–H and O–H groups in total. The van der Waals surface area contributed by atoms with Crippen molar-refractivity contribution in [1.82, 2.24) is 25.5 Å². The van der Waals surface area contributed by atoms with Crippen molar-refractivity contribution in [1.29, 1.82) is 0 Å². The SMILES string of the molecule is Cc1cnc(C(=O)NC2CCc3n[nH]c(=O)cc3C2)cn1. The van der Waals surface area contributed by atoms with E-state index in [1.54, 1.807) is 12.3 Å². The summed E-state index contributed by atoms with van der Waals surface area (Å²) in [6, 6.07) is 1.53. The summed E-state index contributed by atoms with van der Waals surface area (Å²) in [5.41, 5.74) is 2.64. The summed E-state index contributed by atoms with van der Waals surface area (Å²) in [4.78, 5) is 31.5. The Labute approximate surface area is 120 Å². The maximum absolute atomic E-state index is 12.1. The zero-order valence-electron chi connectivity index (χ0n) is 11.6. The Kier molecular flexibility index (Phi) is 3.47. The molecule has 7 heteroatoms. The number of fused-ring (bicyclic) bond motifs is 1. The molecule has 0 saturated carbocycles. The van der Waals surface area contributed by atoms with Crippen LogP contribution in [-0.4, -0.2) is 32.1 Å². The van der Waals surface area contributed by atoms with Gasteiger partial charge in [-0.2, -0.15) is 5.10 Å². The number of amides is 1. The predicted molar refractivity (Wildman–Crippen MR) is 74.9 cm³/mol. The molecule has 1 amide bonds. The zero-order valence-corrected chi connectivity index (χ0v) is 11.6. The minimum absolute atomic E-state index is 0.0169. The van der Waals surface area contributed by atoms with Gasteiger partial charge in [-0.1, -0.05) is 0 Å². The molecule has 1 aliphatic carbocycles. The largest absolute Gasteiger partial charge is 0.348 e. The molecule has 0 spiro atoms. The molecule has 21 heavy (non-hydrogen) atoms. The molecule has 1 unspecified atom stereocenters. The predicted octanol–water partition coefficient (Wildman–Crippen LogP) is 0.156. The number of aromatic nitrogens is 4. The van der Waals surface area contributed by atoms with Crippen molar-refractivity contribution in [2.75, 3.05) is 0 Å². The highest BCUT2D eigenvalue weighted by Gasteiger charge is 2.22. The minimum Gasteiger partial charge on any atom is -0.348 e. The van der Waals surface area contributed by atoms with E-state index >= 15 is 0 Å². The molecule has 0 bridgehead atoms. The molecule has 7 nitrogen and oxygen atoms in total. The van der Waals surface area contributed by atoms with Crippen LogP contribution < -0.4 is 10.9 Å². The van der Waals surface area contributed by atoms with Gasteiger partial charge in [0.05, 0.1) is 17.6 Å². The second-order valence-electron chi connectivity index (χ2n) is 5.16. The number of H-pyrrole nitrogens is 1. The van der Waals surface area contributed by atoms with Crippen LogP contribution in [0, 0.1) is 6.92 Å². The van der Waals surface area contributed by atoms with Crippen molar-refractivity contribution >= 4 is 5.91 Å². The lowest BCUT2D eigenvalue weighted by atomic mass is 9.92. The molecule has 3 rings (SSSR count). The number of carbonyl (C=O) groups excluding carboxylic acids is 1. The topological polar surface area (TPSA) is 101 Å². The molecule has 0 aromatic carbocycles. The third kappa shape index (κ3) is 2.96. The fraction of sp³-hybridized carbons (Fsp3) is 0.357. The van der Waals surface area contributed by atoms with E-state index < -0.39 is 0 Å². The van der Waals surface area contributed by atoms with E-state index in [4.69, 9.17) is 0 Å². The molecule has 0 fully saturated rings. The van der Waals surface area contributed by atoms with Crippen LogP contribution in [0.1, 0.15) is 33.9 Å². The Hall–Kier alpha value is -2.57. The number of hydrogen-bond acceptors (Lipinski definition) is 5. The van der Waals surface area contributed by atoms with E-state index in [-0.39, 0.29) is 17.5 Å². The quantitative estimate of drug-likeness (QED) is 0.818. The van der Waals surface area contributed by atoms with Crippen LogP contribution >= 0.6 is 0 Å². The third-order valence-electron chi connectivity index (χ3n) is 3.52. The summed E-state index contributed by atoms with van der Waals surface area (Å²) in [6.07, 6.45) is 5.16. The maximum atomic E-state index is 12.1. The zero-order chi connectivity index (χ0) is 14.8. The van der Waals surface area contributed by atoms with Crippen molar-refractivity contribution in [2.24, 2.45) is 0 Å². The average molecular weight is 285 g/mol. The summed E-state index contributed by atoms with van der Waals surface area (Å²) in [5, 5.41) is 9.40. The smallest absolute Gasteiger partial charge is 0.271 e. The molecule has 0 saturated heterocycles. The van der Waals surface area contributed by atoms with Gasteiger partial charge in [0.25, 0.3) is 11.5 Å². The van der Waals surface area contributed by atoms with Crippen molar-refractivity contribution < 1.29 is 4.79 Å². The Morgan fingerprint density at radius 2 is 2.24 bits per heavy atom. The second-order valence-corrected chi connectivity index (χ2v) is 5.16. The van der Waals surface area contributed by atoms with Gasteiger partial charge in [-0.15, -0.1) is 0 Å². The summed E-state index contributed by atoms with van der Waals surface area (Å²) >= 11 is 0. The average Bonchev–Trinajstić information content (AvgIpc) is 2.47. The number of rotatable bonds is 2. The van der Waals surface area contributed by atoms with Gasteiger partial charge < -0.3 is 5.32 Å². The molecule has 1 aliphatic rings. The van der Waals surface area contributed by atoms with E-state index in [1.165, 1.54) is 6.20 Å². The molecular weight excluding hydrogens is 270 g/mol. The number of nitrogens with zero attached hydrogens (tertiary/aromatic N) is 3. The van der Waals surface area contributed by atoms with Crippen molar-refractivity contribution in [3.63, 3.8) is 0 Å². The molecule has 0 aliphatic heterocycles. The molecule has 1 atom stereocenters. The summed E-state index contributed by atoms with van der Waals surface area (Å²) in [7, 11) is 0. The Balaban J connectivity index is 1.70. The van der Waals surface area contributed by atoms with E-state index in [0.717, 1.165) is 29.8 Å². The molecular formula is C14H15N5O2. The molecule has 2 aromatic heterocycles. The van der Waals surface area contributed by atoms with E-state index in [9.17, 15) is 9.59 Å². The van der Waals surface area contributed by atoms with Crippen LogP contribution in [-0.2, 0) is 12.8 Å². The van der Waals surface area contributed by atoms with Crippen LogP contribution in [0.3, 0.4) is 0 Å². The van der Waals surface area contributed by atoms with E-state index in [2.05, 4.69) is 25.5 Å². The Morgan fingerprint density at radius 1 is 1.38 bits per heavy atom. The molecule has 108 valence electrons. The van der Waals surface area contributed by atoms with Gasteiger partial charge in [0.1, 0.15) is 5.69 Å². The Morgan fingerprint density at radius 3 is 3.00 bits per heavy atom. The van der Waals surface area contributed by atoms with Crippen molar-refractivity contribution in [2.45, 2.75) is 32.2 Å². The highest BCUT2D eigenvalue weighted by molar-refractivity contribution is 5.92. The van der Waals surface area contributed by atoms with Crippen LogP contribution in [0.5, 0.6) is 0 Å². The number of aryl methyl sites for hydroxylation is 2. The normalized spacial score (nSPS) is 17.1. The number of hydrogen-bond donors (Lipinski definition) is 2. The standard InChI is InChI=1S/C14H15N5O2/c1-8-6-16-12(7-15-8)14(21)17-10-2-3-11-9(4-10)5-13(20)19-18-11/h5-7,10H,2-4H2,1H3,(H,17,21)(H,19,20). The van der Waals surface area contributed by atoms with Crippen LogP contribution in [0.15, 0.2) is 23.3 Å².